The second-order valence-corrected chi connectivity index (χ2v) is 7.08. The number of hydrogen-bond acceptors (Lipinski definition) is 4. The minimum atomic E-state index is -2.71. The Labute approximate surface area is 122 Å². The highest BCUT2D eigenvalue weighted by Crippen LogP contribution is 2.45. The molecule has 3 heterocycles. The molecule has 0 unspecified atom stereocenters. The van der Waals surface area contributed by atoms with Crippen LogP contribution in [0.25, 0.3) is 0 Å². The van der Waals surface area contributed by atoms with E-state index in [0.717, 1.165) is 26.1 Å². The van der Waals surface area contributed by atoms with Gasteiger partial charge in [-0.25, -0.2) is 8.78 Å². The number of piperidine rings is 1. The number of halogens is 2. The van der Waals surface area contributed by atoms with Gasteiger partial charge in [0.25, 0.3) is 5.92 Å². The van der Waals surface area contributed by atoms with E-state index in [1.807, 2.05) is 0 Å². The van der Waals surface area contributed by atoms with Gasteiger partial charge in [-0.2, -0.15) is 0 Å². The van der Waals surface area contributed by atoms with E-state index in [4.69, 9.17) is 5.73 Å². The Kier molecular flexibility index (Phi) is 3.03. The van der Waals surface area contributed by atoms with Crippen LogP contribution in [0.3, 0.4) is 0 Å². The molecule has 3 N–H and O–H groups in total. The Morgan fingerprint density at radius 3 is 2.62 bits per heavy atom. The molecule has 3 saturated heterocycles. The van der Waals surface area contributed by atoms with Gasteiger partial charge in [0.2, 0.25) is 5.91 Å². The second kappa shape index (κ2) is 4.60. The van der Waals surface area contributed by atoms with Crippen LogP contribution in [-0.4, -0.2) is 72.5 Å². The lowest BCUT2D eigenvalue weighted by Gasteiger charge is -2.25. The molecule has 4 aliphatic rings. The molecule has 0 aromatic rings. The van der Waals surface area contributed by atoms with Gasteiger partial charge in [-0.15, -0.1) is 0 Å². The third-order valence-electron chi connectivity index (χ3n) is 5.69. The van der Waals surface area contributed by atoms with Crippen molar-refractivity contribution in [2.45, 2.75) is 36.9 Å². The molecule has 4 rings (SSSR count). The predicted molar refractivity (Wildman–Crippen MR) is 72.9 cm³/mol. The number of fused-ring (bicyclic) bond motifs is 1. The SMILES string of the molecule is N[C@@H]1[C@H]2CN([C@@H]3CN[C@H](C(=O)N4CCC(F)(F)C4)C3)C[C@@H]12. The molecule has 0 bridgehead atoms. The molecule has 1 aliphatic carbocycles. The van der Waals surface area contributed by atoms with Crippen molar-refractivity contribution in [3.63, 3.8) is 0 Å². The van der Waals surface area contributed by atoms with E-state index in [9.17, 15) is 13.6 Å². The summed E-state index contributed by atoms with van der Waals surface area (Å²) in [5, 5.41) is 3.22. The third kappa shape index (κ3) is 2.35. The molecule has 1 saturated carbocycles. The number of amides is 1. The maximum atomic E-state index is 13.2. The predicted octanol–water partition coefficient (Wildman–Crippen LogP) is -0.527. The van der Waals surface area contributed by atoms with Gasteiger partial charge in [-0.1, -0.05) is 0 Å². The first kappa shape index (κ1) is 13.8. The van der Waals surface area contributed by atoms with Crippen molar-refractivity contribution in [2.24, 2.45) is 17.6 Å². The number of nitrogens with two attached hydrogens (primary N) is 1. The summed E-state index contributed by atoms with van der Waals surface area (Å²) in [5.74, 6) is -1.59. The molecule has 4 fully saturated rings. The average molecular weight is 300 g/mol. The highest BCUT2D eigenvalue weighted by atomic mass is 19.3. The van der Waals surface area contributed by atoms with Gasteiger partial charge in [0.15, 0.2) is 0 Å². The molecule has 5 nitrogen and oxygen atoms in total. The molecule has 0 spiro atoms. The van der Waals surface area contributed by atoms with Crippen molar-refractivity contribution in [3.05, 3.63) is 0 Å². The van der Waals surface area contributed by atoms with E-state index in [0.29, 0.717) is 23.9 Å². The quantitative estimate of drug-likeness (QED) is 0.720. The smallest absolute Gasteiger partial charge is 0.267 e. The van der Waals surface area contributed by atoms with E-state index >= 15 is 0 Å². The maximum absolute atomic E-state index is 13.2. The maximum Gasteiger partial charge on any atom is 0.267 e. The third-order valence-corrected chi connectivity index (χ3v) is 5.69. The summed E-state index contributed by atoms with van der Waals surface area (Å²) in [6.45, 7) is 2.59. The van der Waals surface area contributed by atoms with Crippen LogP contribution in [0.4, 0.5) is 8.78 Å². The van der Waals surface area contributed by atoms with Crippen LogP contribution in [0.2, 0.25) is 0 Å². The van der Waals surface area contributed by atoms with Crippen molar-refractivity contribution in [1.29, 1.82) is 0 Å². The lowest BCUT2D eigenvalue weighted by Crippen LogP contribution is -2.43. The van der Waals surface area contributed by atoms with Crippen molar-refractivity contribution in [1.82, 2.24) is 15.1 Å². The molecule has 7 heteroatoms. The largest absolute Gasteiger partial charge is 0.335 e. The minimum Gasteiger partial charge on any atom is -0.335 e. The number of rotatable bonds is 2. The van der Waals surface area contributed by atoms with Crippen molar-refractivity contribution < 1.29 is 13.6 Å². The van der Waals surface area contributed by atoms with Crippen molar-refractivity contribution >= 4 is 5.91 Å². The van der Waals surface area contributed by atoms with E-state index in [-0.39, 0.29) is 24.9 Å². The number of hydrogen-bond donors (Lipinski definition) is 2. The van der Waals surface area contributed by atoms with Crippen molar-refractivity contribution in [3.8, 4) is 0 Å². The molecule has 5 atom stereocenters. The second-order valence-electron chi connectivity index (χ2n) is 7.08. The van der Waals surface area contributed by atoms with Gasteiger partial charge in [0.1, 0.15) is 0 Å². The highest BCUT2D eigenvalue weighted by Gasteiger charge is 2.55. The number of carbonyl (C=O) groups excluding carboxylic acids is 1. The van der Waals surface area contributed by atoms with Crippen LogP contribution in [0.1, 0.15) is 12.8 Å². The van der Waals surface area contributed by atoms with Gasteiger partial charge < -0.3 is 16.0 Å². The Bertz CT molecular complexity index is 448. The number of nitrogens with zero attached hydrogens (tertiary/aromatic N) is 2. The topological polar surface area (TPSA) is 61.6 Å². The lowest BCUT2D eigenvalue weighted by atomic mass is 10.1. The normalized spacial score (nSPS) is 45.1. The summed E-state index contributed by atoms with van der Waals surface area (Å²) < 4.78 is 26.4. The van der Waals surface area contributed by atoms with E-state index in [1.165, 1.54) is 4.90 Å². The fraction of sp³-hybridized carbons (Fsp3) is 0.929. The zero-order chi connectivity index (χ0) is 14.8. The fourth-order valence-electron chi connectivity index (χ4n) is 4.23. The summed E-state index contributed by atoms with van der Waals surface area (Å²) in [7, 11) is 0. The first-order valence-corrected chi connectivity index (χ1v) is 7.84. The summed E-state index contributed by atoms with van der Waals surface area (Å²) >= 11 is 0. The van der Waals surface area contributed by atoms with Gasteiger partial charge in [-0.3, -0.25) is 9.69 Å². The molecular weight excluding hydrogens is 278 g/mol. The Balaban J connectivity index is 1.31. The zero-order valence-corrected chi connectivity index (χ0v) is 12.0. The van der Waals surface area contributed by atoms with Crippen molar-refractivity contribution in [2.75, 3.05) is 32.7 Å². The molecular formula is C14H22F2N4O. The molecule has 118 valence electrons. The number of nitrogens with one attached hydrogen (secondary N) is 1. The number of likely N-dealkylation sites (tertiary alicyclic amines) is 2. The summed E-state index contributed by atoms with van der Waals surface area (Å²) in [4.78, 5) is 16.0. The lowest BCUT2D eigenvalue weighted by molar-refractivity contribution is -0.133. The van der Waals surface area contributed by atoms with Gasteiger partial charge >= 0.3 is 0 Å². The standard InChI is InChI=1S/C14H22F2N4O/c15-14(16)1-2-19(7-14)13(21)11-3-8(4-18-11)20-5-9-10(6-20)12(9)17/h8-12,18H,1-7,17H2/t8-,9-,10+,11-,12+/m0/s1. The van der Waals surface area contributed by atoms with Gasteiger partial charge in [-0.05, 0) is 18.3 Å². The molecule has 1 amide bonds. The summed E-state index contributed by atoms with van der Waals surface area (Å²) in [6, 6.07) is 0.427. The average Bonchev–Trinajstić information content (AvgIpc) is 2.96. The minimum absolute atomic E-state index is 0.157. The Morgan fingerprint density at radius 2 is 2.00 bits per heavy atom. The number of alkyl halides is 2. The van der Waals surface area contributed by atoms with Gasteiger partial charge in [0.05, 0.1) is 12.6 Å². The molecule has 3 aliphatic heterocycles. The number of carbonyl (C=O) groups is 1. The van der Waals surface area contributed by atoms with Crippen LogP contribution in [0.15, 0.2) is 0 Å². The van der Waals surface area contributed by atoms with Crippen LogP contribution >= 0.6 is 0 Å². The van der Waals surface area contributed by atoms with E-state index in [2.05, 4.69) is 10.2 Å². The van der Waals surface area contributed by atoms with E-state index < -0.39 is 12.5 Å². The Hall–Kier alpha value is -0.790. The van der Waals surface area contributed by atoms with E-state index in [1.54, 1.807) is 0 Å². The van der Waals surface area contributed by atoms with Crippen LogP contribution < -0.4 is 11.1 Å². The molecule has 21 heavy (non-hydrogen) atoms. The highest BCUT2D eigenvalue weighted by molar-refractivity contribution is 5.82. The van der Waals surface area contributed by atoms with Crippen LogP contribution in [-0.2, 0) is 4.79 Å². The monoisotopic (exact) mass is 300 g/mol. The van der Waals surface area contributed by atoms with Gasteiger partial charge in [0, 0.05) is 44.7 Å². The summed E-state index contributed by atoms with van der Waals surface area (Å²) in [6.07, 6.45) is 0.526. The first-order valence-electron chi connectivity index (χ1n) is 7.84. The molecule has 0 aromatic carbocycles. The molecule has 0 aromatic heterocycles. The Morgan fingerprint density at radius 1 is 1.29 bits per heavy atom. The summed E-state index contributed by atoms with van der Waals surface area (Å²) in [5.41, 5.74) is 5.94. The van der Waals surface area contributed by atoms with Crippen LogP contribution in [0, 0.1) is 11.8 Å². The molecule has 0 radical (unpaired) electrons. The zero-order valence-electron chi connectivity index (χ0n) is 12.0. The fourth-order valence-corrected chi connectivity index (χ4v) is 4.23. The van der Waals surface area contributed by atoms with Crippen LogP contribution in [0.5, 0.6) is 0 Å². The first-order chi connectivity index (χ1) is 9.94.